The second-order valence-corrected chi connectivity index (χ2v) is 6.51. The molecule has 0 aromatic heterocycles. The predicted octanol–water partition coefficient (Wildman–Crippen LogP) is 3.40. The van der Waals surface area contributed by atoms with Crippen LogP contribution in [0, 0.1) is 11.7 Å². The molecule has 0 saturated carbocycles. The van der Waals surface area contributed by atoms with Gasteiger partial charge in [0.2, 0.25) is 0 Å². The zero-order valence-corrected chi connectivity index (χ0v) is 13.8. The number of fused-ring (bicyclic) bond motifs is 1. The van der Waals surface area contributed by atoms with Gasteiger partial charge in [0.25, 0.3) is 5.91 Å². The van der Waals surface area contributed by atoms with Gasteiger partial charge in [0.05, 0.1) is 5.69 Å². The topological polar surface area (TPSA) is 55.6 Å². The number of hydrogen-bond acceptors (Lipinski definition) is 3. The number of rotatable bonds is 4. The molecular formula is C19H21FN2O2. The van der Waals surface area contributed by atoms with E-state index in [0.29, 0.717) is 36.0 Å². The molecule has 0 saturated heterocycles. The van der Waals surface area contributed by atoms with Crippen molar-refractivity contribution < 1.29 is 13.9 Å². The number of nitrogens with zero attached hydrogens (tertiary/aromatic N) is 1. The fraction of sp³-hybridized carbons (Fsp3) is 0.316. The summed E-state index contributed by atoms with van der Waals surface area (Å²) in [7, 11) is 0. The number of carbonyl (C=O) groups excluding carboxylic acids is 1. The van der Waals surface area contributed by atoms with Crippen molar-refractivity contribution >= 4 is 17.3 Å². The van der Waals surface area contributed by atoms with Gasteiger partial charge in [-0.3, -0.25) is 4.79 Å². The first-order chi connectivity index (χ1) is 11.4. The SMILES string of the molecule is CC(C)CN1C(=O)C(Cc2cccc(F)c2)Oc2ccc(N)cc21. The molecule has 0 bridgehead atoms. The van der Waals surface area contributed by atoms with Gasteiger partial charge < -0.3 is 15.4 Å². The van der Waals surface area contributed by atoms with Crippen molar-refractivity contribution in [3.63, 3.8) is 0 Å². The van der Waals surface area contributed by atoms with E-state index in [1.165, 1.54) is 12.1 Å². The van der Waals surface area contributed by atoms with Crippen molar-refractivity contribution in [3.05, 3.63) is 53.8 Å². The van der Waals surface area contributed by atoms with Crippen LogP contribution < -0.4 is 15.4 Å². The van der Waals surface area contributed by atoms with Crippen LogP contribution in [0.2, 0.25) is 0 Å². The first-order valence-electron chi connectivity index (χ1n) is 8.06. The van der Waals surface area contributed by atoms with E-state index in [1.54, 1.807) is 35.2 Å². The third-order valence-electron chi connectivity index (χ3n) is 3.94. The quantitative estimate of drug-likeness (QED) is 0.875. The molecule has 2 aromatic carbocycles. The van der Waals surface area contributed by atoms with Crippen molar-refractivity contribution in [2.75, 3.05) is 17.2 Å². The molecule has 2 N–H and O–H groups in total. The van der Waals surface area contributed by atoms with Crippen molar-refractivity contribution in [1.29, 1.82) is 0 Å². The lowest BCUT2D eigenvalue weighted by Gasteiger charge is -2.35. The number of anilines is 2. The summed E-state index contributed by atoms with van der Waals surface area (Å²) < 4.78 is 19.3. The summed E-state index contributed by atoms with van der Waals surface area (Å²) in [6, 6.07) is 11.5. The Kier molecular flexibility index (Phi) is 4.42. The van der Waals surface area contributed by atoms with Crippen LogP contribution in [-0.2, 0) is 11.2 Å². The molecule has 1 aliphatic rings. The average Bonchev–Trinajstić information content (AvgIpc) is 2.52. The molecule has 24 heavy (non-hydrogen) atoms. The van der Waals surface area contributed by atoms with Crippen LogP contribution >= 0.6 is 0 Å². The molecule has 5 heteroatoms. The number of amides is 1. The fourth-order valence-electron chi connectivity index (χ4n) is 2.90. The van der Waals surface area contributed by atoms with Gasteiger partial charge in [0, 0.05) is 18.7 Å². The van der Waals surface area contributed by atoms with Crippen molar-refractivity contribution in [3.8, 4) is 5.75 Å². The summed E-state index contributed by atoms with van der Waals surface area (Å²) in [5.74, 6) is 0.496. The van der Waals surface area contributed by atoms with E-state index in [9.17, 15) is 9.18 Å². The van der Waals surface area contributed by atoms with E-state index in [2.05, 4.69) is 13.8 Å². The van der Waals surface area contributed by atoms with E-state index in [-0.39, 0.29) is 11.7 Å². The van der Waals surface area contributed by atoms with Gasteiger partial charge in [0.15, 0.2) is 6.10 Å². The molecule has 3 rings (SSSR count). The monoisotopic (exact) mass is 328 g/mol. The number of nitrogens with two attached hydrogens (primary N) is 1. The minimum absolute atomic E-state index is 0.119. The Hall–Kier alpha value is -2.56. The number of nitrogen functional groups attached to an aromatic ring is 1. The van der Waals surface area contributed by atoms with Crippen LogP contribution in [0.1, 0.15) is 19.4 Å². The molecule has 1 amide bonds. The van der Waals surface area contributed by atoms with Gasteiger partial charge in [-0.15, -0.1) is 0 Å². The summed E-state index contributed by atoms with van der Waals surface area (Å²) in [5, 5.41) is 0. The Labute approximate surface area is 141 Å². The molecule has 0 spiro atoms. The number of benzene rings is 2. The van der Waals surface area contributed by atoms with Crippen LogP contribution in [0.3, 0.4) is 0 Å². The maximum Gasteiger partial charge on any atom is 0.268 e. The number of carbonyl (C=O) groups is 1. The molecule has 1 atom stereocenters. The van der Waals surface area contributed by atoms with Gasteiger partial charge in [-0.2, -0.15) is 0 Å². The van der Waals surface area contributed by atoms with Crippen molar-refractivity contribution in [2.45, 2.75) is 26.4 Å². The summed E-state index contributed by atoms with van der Waals surface area (Å²) in [5.41, 5.74) is 7.88. The lowest BCUT2D eigenvalue weighted by atomic mass is 10.0. The second kappa shape index (κ2) is 6.51. The van der Waals surface area contributed by atoms with E-state index < -0.39 is 6.10 Å². The highest BCUT2D eigenvalue weighted by Gasteiger charge is 2.34. The van der Waals surface area contributed by atoms with E-state index in [1.807, 2.05) is 0 Å². The van der Waals surface area contributed by atoms with Crippen LogP contribution in [0.15, 0.2) is 42.5 Å². The molecule has 1 aliphatic heterocycles. The maximum absolute atomic E-state index is 13.4. The number of halogens is 1. The Morgan fingerprint density at radius 3 is 2.75 bits per heavy atom. The van der Waals surface area contributed by atoms with E-state index in [0.717, 1.165) is 5.56 Å². The number of hydrogen-bond donors (Lipinski definition) is 1. The summed E-state index contributed by atoms with van der Waals surface area (Å²) in [4.78, 5) is 14.6. The normalized spacial score (nSPS) is 16.9. The van der Waals surface area contributed by atoms with Crippen LogP contribution in [0.5, 0.6) is 5.75 Å². The highest BCUT2D eigenvalue weighted by molar-refractivity contribution is 6.00. The first-order valence-corrected chi connectivity index (χ1v) is 8.06. The van der Waals surface area contributed by atoms with Gasteiger partial charge in [-0.05, 0) is 41.8 Å². The molecule has 126 valence electrons. The maximum atomic E-state index is 13.4. The van der Waals surface area contributed by atoms with Gasteiger partial charge >= 0.3 is 0 Å². The smallest absolute Gasteiger partial charge is 0.268 e. The van der Waals surface area contributed by atoms with E-state index >= 15 is 0 Å². The Bertz CT molecular complexity index is 761. The zero-order valence-electron chi connectivity index (χ0n) is 13.8. The zero-order chi connectivity index (χ0) is 17.3. The Morgan fingerprint density at radius 1 is 1.25 bits per heavy atom. The predicted molar refractivity (Wildman–Crippen MR) is 92.6 cm³/mol. The molecule has 2 aromatic rings. The molecule has 1 unspecified atom stereocenters. The van der Waals surface area contributed by atoms with Gasteiger partial charge in [-0.1, -0.05) is 26.0 Å². The molecule has 4 nitrogen and oxygen atoms in total. The van der Waals surface area contributed by atoms with Gasteiger partial charge in [-0.25, -0.2) is 4.39 Å². The lowest BCUT2D eigenvalue weighted by Crippen LogP contribution is -2.48. The van der Waals surface area contributed by atoms with Crippen LogP contribution in [0.4, 0.5) is 15.8 Å². The summed E-state index contributed by atoms with van der Waals surface area (Å²) >= 11 is 0. The second-order valence-electron chi connectivity index (χ2n) is 6.51. The average molecular weight is 328 g/mol. The summed E-state index contributed by atoms with van der Waals surface area (Å²) in [6.45, 7) is 4.69. The molecule has 0 fully saturated rings. The third kappa shape index (κ3) is 3.35. The highest BCUT2D eigenvalue weighted by Crippen LogP contribution is 2.36. The van der Waals surface area contributed by atoms with Crippen LogP contribution in [0.25, 0.3) is 0 Å². The fourth-order valence-corrected chi connectivity index (χ4v) is 2.90. The van der Waals surface area contributed by atoms with Crippen molar-refractivity contribution in [1.82, 2.24) is 0 Å². The van der Waals surface area contributed by atoms with Gasteiger partial charge in [0.1, 0.15) is 11.6 Å². The molecule has 1 heterocycles. The standard InChI is InChI=1S/C19H21FN2O2/c1-12(2)11-22-16-10-15(21)6-7-17(16)24-18(19(22)23)9-13-4-3-5-14(20)8-13/h3-8,10,12,18H,9,11,21H2,1-2H3. The lowest BCUT2D eigenvalue weighted by molar-refractivity contribution is -0.126. The largest absolute Gasteiger partial charge is 0.478 e. The van der Waals surface area contributed by atoms with Crippen LogP contribution in [-0.4, -0.2) is 18.6 Å². The first kappa shape index (κ1) is 16.3. The number of ether oxygens (including phenoxy) is 1. The molecule has 0 aliphatic carbocycles. The van der Waals surface area contributed by atoms with E-state index in [4.69, 9.17) is 10.5 Å². The molecular weight excluding hydrogens is 307 g/mol. The highest BCUT2D eigenvalue weighted by atomic mass is 19.1. The molecule has 0 radical (unpaired) electrons. The summed E-state index contributed by atoms with van der Waals surface area (Å²) in [6.07, 6.45) is -0.337. The minimum Gasteiger partial charge on any atom is -0.478 e. The van der Waals surface area contributed by atoms with Crippen molar-refractivity contribution in [2.24, 2.45) is 5.92 Å². The Morgan fingerprint density at radius 2 is 2.04 bits per heavy atom. The third-order valence-corrected chi connectivity index (χ3v) is 3.94. The minimum atomic E-state index is -0.665. The Balaban J connectivity index is 1.92.